The van der Waals surface area contributed by atoms with Crippen molar-refractivity contribution in [2.24, 2.45) is 0 Å². The molecule has 2 amide bonds. The second-order valence-corrected chi connectivity index (χ2v) is 14.2. The van der Waals surface area contributed by atoms with Gasteiger partial charge in [0.05, 0.1) is 27.6 Å². The van der Waals surface area contributed by atoms with E-state index in [9.17, 15) is 28.3 Å². The zero-order chi connectivity index (χ0) is 37.8. The van der Waals surface area contributed by atoms with Gasteiger partial charge < -0.3 is 24.8 Å². The number of pyridine rings is 1. The number of aromatic nitrogens is 8. The first-order valence-corrected chi connectivity index (χ1v) is 17.9. The molecule has 15 nitrogen and oxygen atoms in total. The molecule has 7 rings (SSSR count). The fraction of sp³-hybridized carbons (Fsp3) is 0.294. The number of amides is 2. The smallest absolute Gasteiger partial charge is 0.321 e. The fourth-order valence-corrected chi connectivity index (χ4v) is 6.94. The van der Waals surface area contributed by atoms with Gasteiger partial charge in [0.25, 0.3) is 11.5 Å². The van der Waals surface area contributed by atoms with Crippen molar-refractivity contribution in [3.63, 3.8) is 0 Å². The molecule has 5 aromatic heterocycles. The van der Waals surface area contributed by atoms with Crippen LogP contribution in [-0.2, 0) is 21.7 Å². The third-order valence-corrected chi connectivity index (χ3v) is 10.0. The van der Waals surface area contributed by atoms with Crippen molar-refractivity contribution in [1.82, 2.24) is 43.6 Å². The number of benzene rings is 1. The van der Waals surface area contributed by atoms with Crippen LogP contribution in [0.5, 0.6) is 5.75 Å². The molecule has 0 aliphatic carbocycles. The fourth-order valence-electron chi connectivity index (χ4n) is 6.38. The van der Waals surface area contributed by atoms with Gasteiger partial charge in [0.15, 0.2) is 17.3 Å². The number of hydrogen-bond donors (Lipinski definition) is 2. The zero-order valence-corrected chi connectivity index (χ0v) is 31.4. The lowest BCUT2D eigenvalue weighted by Gasteiger charge is -2.36. The summed E-state index contributed by atoms with van der Waals surface area (Å²) in [6.07, 6.45) is 5.01. The molecule has 1 saturated heterocycles. The van der Waals surface area contributed by atoms with Crippen LogP contribution in [0, 0.1) is 13.8 Å². The van der Waals surface area contributed by atoms with Gasteiger partial charge in [0, 0.05) is 72.3 Å². The van der Waals surface area contributed by atoms with Gasteiger partial charge in [-0.1, -0.05) is 24.6 Å². The first-order valence-electron chi connectivity index (χ1n) is 16.4. The number of anilines is 2. The van der Waals surface area contributed by atoms with E-state index in [2.05, 4.69) is 25.5 Å². The maximum atomic E-state index is 14.4. The van der Waals surface area contributed by atoms with Crippen molar-refractivity contribution in [2.45, 2.75) is 37.7 Å². The van der Waals surface area contributed by atoms with Crippen molar-refractivity contribution < 1.29 is 23.5 Å². The molecule has 1 aliphatic heterocycles. The highest BCUT2D eigenvalue weighted by molar-refractivity contribution is 14.1. The van der Waals surface area contributed by atoms with Crippen molar-refractivity contribution in [2.75, 3.05) is 36.4 Å². The molecule has 2 N–H and O–H groups in total. The monoisotopic (exact) mass is 857 g/mol. The van der Waals surface area contributed by atoms with E-state index < -0.39 is 21.3 Å². The number of piperazine rings is 1. The van der Waals surface area contributed by atoms with E-state index in [0.29, 0.717) is 17.7 Å². The summed E-state index contributed by atoms with van der Waals surface area (Å²) in [5.74, 6) is -0.935. The Kier molecular flexibility index (Phi) is 9.51. The van der Waals surface area contributed by atoms with Gasteiger partial charge in [-0.15, -0.1) is 5.10 Å². The van der Waals surface area contributed by atoms with Crippen LogP contribution >= 0.6 is 34.2 Å². The van der Waals surface area contributed by atoms with Gasteiger partial charge in [-0.2, -0.15) is 23.4 Å². The lowest BCUT2D eigenvalue weighted by Crippen LogP contribution is -2.51. The summed E-state index contributed by atoms with van der Waals surface area (Å²) in [6.45, 7) is 5.88. The Labute approximate surface area is 318 Å². The Morgan fingerprint density at radius 2 is 1.85 bits per heavy atom. The maximum absolute atomic E-state index is 14.4. The minimum Gasteiger partial charge on any atom is -0.504 e. The van der Waals surface area contributed by atoms with Crippen LogP contribution < -0.4 is 15.8 Å². The Morgan fingerprint density at radius 3 is 2.55 bits per heavy atom. The van der Waals surface area contributed by atoms with E-state index in [1.54, 1.807) is 27.1 Å². The Morgan fingerprint density at radius 1 is 1.09 bits per heavy atom. The molecular formula is C34H31ClF2IN11O4. The number of halogens is 4. The first-order chi connectivity index (χ1) is 25.2. The topological polar surface area (TPSA) is 168 Å². The number of alkyl halides is 3. The second-order valence-electron chi connectivity index (χ2n) is 12.4. The molecule has 1 aliphatic rings. The molecule has 274 valence electrons. The predicted octanol–water partition coefficient (Wildman–Crippen LogP) is 4.62. The lowest BCUT2D eigenvalue weighted by atomic mass is 10.1. The van der Waals surface area contributed by atoms with Crippen molar-refractivity contribution in [1.29, 1.82) is 0 Å². The Balaban J connectivity index is 1.28. The van der Waals surface area contributed by atoms with Gasteiger partial charge >= 0.3 is 3.93 Å². The zero-order valence-electron chi connectivity index (χ0n) is 28.5. The minimum atomic E-state index is -3.15. The highest BCUT2D eigenvalue weighted by atomic mass is 127. The molecule has 19 heteroatoms. The number of aryl methyl sites for hydroxylation is 2. The summed E-state index contributed by atoms with van der Waals surface area (Å²) >= 11 is 7.31. The van der Waals surface area contributed by atoms with Crippen LogP contribution in [0.3, 0.4) is 0 Å². The summed E-state index contributed by atoms with van der Waals surface area (Å²) < 4.78 is 29.1. The SMILES string of the molecule is CCc1c(N2CCN(C(=O)c3ncnc(C)c3O)CC2)c(=O)n2nc(-c3cc4ccnn4cc3C)nc2n1CC(=O)Nc1ccc(C(F)(F)I)cc1Cl. The maximum Gasteiger partial charge on any atom is 0.321 e. The highest BCUT2D eigenvalue weighted by Gasteiger charge is 2.31. The number of hydrogen-bond acceptors (Lipinski definition) is 10. The molecule has 0 bridgehead atoms. The molecule has 1 aromatic carbocycles. The van der Waals surface area contributed by atoms with Crippen molar-refractivity contribution in [3.05, 3.63) is 92.6 Å². The van der Waals surface area contributed by atoms with E-state index in [-0.39, 0.29) is 83.4 Å². The van der Waals surface area contributed by atoms with Crippen molar-refractivity contribution in [3.8, 4) is 17.1 Å². The molecule has 53 heavy (non-hydrogen) atoms. The van der Waals surface area contributed by atoms with Gasteiger partial charge in [-0.25, -0.2) is 14.5 Å². The molecule has 0 saturated carbocycles. The van der Waals surface area contributed by atoms with E-state index in [1.807, 2.05) is 37.1 Å². The normalized spacial score (nSPS) is 13.6. The Hall–Kier alpha value is -5.24. The van der Waals surface area contributed by atoms with Gasteiger partial charge in [0.2, 0.25) is 11.7 Å². The van der Waals surface area contributed by atoms with Crippen LogP contribution in [0.15, 0.2) is 53.8 Å². The lowest BCUT2D eigenvalue weighted by molar-refractivity contribution is -0.116. The quantitative estimate of drug-likeness (QED) is 0.163. The van der Waals surface area contributed by atoms with Crippen LogP contribution in [0.2, 0.25) is 5.02 Å². The first kappa shape index (κ1) is 36.1. The summed E-state index contributed by atoms with van der Waals surface area (Å²) in [5, 5.41) is 22.0. The van der Waals surface area contributed by atoms with Crippen LogP contribution in [0.25, 0.3) is 22.7 Å². The molecule has 0 unspecified atom stereocenters. The van der Waals surface area contributed by atoms with Gasteiger partial charge in [-0.3, -0.25) is 14.4 Å². The largest absolute Gasteiger partial charge is 0.504 e. The molecule has 0 atom stereocenters. The van der Waals surface area contributed by atoms with E-state index in [0.717, 1.165) is 39.7 Å². The summed E-state index contributed by atoms with van der Waals surface area (Å²) in [7, 11) is 0. The third-order valence-electron chi connectivity index (χ3n) is 9.10. The number of carbonyl (C=O) groups is 2. The summed E-state index contributed by atoms with van der Waals surface area (Å²) in [5.41, 5.74) is 2.56. The molecule has 6 aromatic rings. The number of rotatable bonds is 8. The summed E-state index contributed by atoms with van der Waals surface area (Å²) in [6, 6.07) is 7.27. The number of nitrogens with one attached hydrogen (secondary N) is 1. The average Bonchev–Trinajstić information content (AvgIpc) is 3.78. The van der Waals surface area contributed by atoms with E-state index in [4.69, 9.17) is 16.6 Å². The van der Waals surface area contributed by atoms with Crippen molar-refractivity contribution >= 4 is 68.7 Å². The van der Waals surface area contributed by atoms with Gasteiger partial charge in [-0.05, 0) is 50.1 Å². The third kappa shape index (κ3) is 6.76. The molecular weight excluding hydrogens is 827 g/mol. The molecule has 6 heterocycles. The average molecular weight is 858 g/mol. The van der Waals surface area contributed by atoms with Crippen LogP contribution in [-0.4, -0.2) is 86.7 Å². The van der Waals surface area contributed by atoms with E-state index in [1.165, 1.54) is 23.0 Å². The molecule has 0 radical (unpaired) electrons. The summed E-state index contributed by atoms with van der Waals surface area (Å²) in [4.78, 5) is 57.4. The molecule has 0 spiro atoms. The number of fused-ring (bicyclic) bond motifs is 2. The number of carbonyl (C=O) groups excluding carboxylic acids is 2. The minimum absolute atomic E-state index is 0.0676. The standard InChI is InChI=1S/C34H31ClF2IN11O4/c1-4-25-28(45-9-11-46(12-10-45)31(52)27-29(51)19(3)39-17-40-27)32(53)49-33(43-30(44-49)22-14-21-7-8-41-48(21)15-18(22)2)47(25)16-26(50)42-24-6-5-20(13-23(24)35)34(36,37)38/h5-8,13-15,17,51H,4,9-12,16H2,1-3H3,(H,42,50). The van der Waals surface area contributed by atoms with Crippen LogP contribution in [0.4, 0.5) is 20.2 Å². The highest BCUT2D eigenvalue weighted by Crippen LogP contribution is 2.38. The number of aromatic hydroxyl groups is 1. The second kappa shape index (κ2) is 14.0. The van der Waals surface area contributed by atoms with Gasteiger partial charge in [0.1, 0.15) is 18.6 Å². The number of nitrogens with zero attached hydrogens (tertiary/aromatic N) is 10. The van der Waals surface area contributed by atoms with Crippen LogP contribution in [0.1, 0.15) is 39.9 Å². The predicted molar refractivity (Wildman–Crippen MR) is 200 cm³/mol. The van der Waals surface area contributed by atoms with E-state index >= 15 is 0 Å². The molecule has 1 fully saturated rings. The Bertz CT molecular complexity index is 2490.